The fourth-order valence-corrected chi connectivity index (χ4v) is 2.48. The van der Waals surface area contributed by atoms with Gasteiger partial charge in [0.15, 0.2) is 0 Å². The van der Waals surface area contributed by atoms with Gasteiger partial charge in [-0.2, -0.15) is 0 Å². The largest absolute Gasteiger partial charge is 0.381 e. The van der Waals surface area contributed by atoms with Crippen LogP contribution in [0.5, 0.6) is 0 Å². The van der Waals surface area contributed by atoms with Crippen LogP contribution in [0.15, 0.2) is 36.5 Å². The predicted molar refractivity (Wildman–Crippen MR) is 86.1 cm³/mol. The van der Waals surface area contributed by atoms with Gasteiger partial charge in [-0.3, -0.25) is 4.79 Å². The van der Waals surface area contributed by atoms with Gasteiger partial charge in [-0.25, -0.2) is 13.8 Å². The first-order valence-electron chi connectivity index (χ1n) is 7.68. The van der Waals surface area contributed by atoms with Crippen molar-refractivity contribution in [3.05, 3.63) is 48.2 Å². The lowest BCUT2D eigenvalue weighted by Crippen LogP contribution is -2.28. The van der Waals surface area contributed by atoms with Gasteiger partial charge in [0.2, 0.25) is 5.91 Å². The van der Waals surface area contributed by atoms with Gasteiger partial charge in [-0.1, -0.05) is 0 Å². The lowest BCUT2D eigenvalue weighted by atomic mass is 9.99. The second-order valence-corrected chi connectivity index (χ2v) is 5.56. The number of anilines is 3. The average Bonchev–Trinajstić information content (AvgIpc) is 2.60. The number of ether oxygens (including phenoxy) is 1. The summed E-state index contributed by atoms with van der Waals surface area (Å²) in [4.78, 5) is 16.2. The van der Waals surface area contributed by atoms with Crippen LogP contribution in [0, 0.1) is 17.6 Å². The molecule has 3 rings (SSSR count). The van der Waals surface area contributed by atoms with Gasteiger partial charge >= 0.3 is 0 Å². The molecule has 0 atom stereocenters. The van der Waals surface area contributed by atoms with Crippen molar-refractivity contribution in [3.63, 3.8) is 0 Å². The number of carbonyl (C=O) groups is 1. The zero-order valence-corrected chi connectivity index (χ0v) is 12.9. The van der Waals surface area contributed by atoms with Crippen molar-refractivity contribution in [3.8, 4) is 0 Å². The zero-order chi connectivity index (χ0) is 16.9. The Balaban J connectivity index is 1.61. The quantitative estimate of drug-likeness (QED) is 0.899. The van der Waals surface area contributed by atoms with Crippen LogP contribution in [0.3, 0.4) is 0 Å². The molecule has 1 fully saturated rings. The van der Waals surface area contributed by atoms with Crippen molar-refractivity contribution < 1.29 is 18.3 Å². The third kappa shape index (κ3) is 4.05. The van der Waals surface area contributed by atoms with E-state index in [4.69, 9.17) is 4.74 Å². The number of amides is 1. The standard InChI is InChI=1S/C17H17F2N3O2/c18-12-1-3-15(14(19)9-12)21-13-2-4-16(20-10-13)22-17(23)11-5-7-24-8-6-11/h1-4,9-11,21H,5-8H2,(H,20,22,23). The van der Waals surface area contributed by atoms with Gasteiger partial charge in [-0.05, 0) is 37.1 Å². The normalized spacial score (nSPS) is 15.1. The highest BCUT2D eigenvalue weighted by Gasteiger charge is 2.21. The Hall–Kier alpha value is -2.54. The number of nitrogens with zero attached hydrogens (tertiary/aromatic N) is 1. The molecule has 2 aromatic rings. The van der Waals surface area contributed by atoms with Crippen LogP contribution in [-0.4, -0.2) is 24.1 Å². The molecule has 1 aromatic heterocycles. The molecule has 1 saturated heterocycles. The minimum absolute atomic E-state index is 0.0633. The number of pyridine rings is 1. The van der Waals surface area contributed by atoms with E-state index in [1.54, 1.807) is 12.1 Å². The monoisotopic (exact) mass is 333 g/mol. The van der Waals surface area contributed by atoms with Gasteiger partial charge in [-0.15, -0.1) is 0 Å². The van der Waals surface area contributed by atoms with Gasteiger partial charge in [0.25, 0.3) is 0 Å². The molecule has 0 unspecified atom stereocenters. The summed E-state index contributed by atoms with van der Waals surface area (Å²) in [6.45, 7) is 1.19. The molecule has 126 valence electrons. The summed E-state index contributed by atoms with van der Waals surface area (Å²) in [5, 5.41) is 5.57. The highest BCUT2D eigenvalue weighted by molar-refractivity contribution is 5.91. The van der Waals surface area contributed by atoms with Gasteiger partial charge in [0, 0.05) is 25.2 Å². The highest BCUT2D eigenvalue weighted by atomic mass is 19.1. The van der Waals surface area contributed by atoms with Crippen LogP contribution in [0.4, 0.5) is 26.0 Å². The molecule has 0 saturated carbocycles. The van der Waals surface area contributed by atoms with Crippen LogP contribution in [0.2, 0.25) is 0 Å². The summed E-state index contributed by atoms with van der Waals surface area (Å²) in [6.07, 6.45) is 2.88. The second-order valence-electron chi connectivity index (χ2n) is 5.56. The number of hydrogen-bond donors (Lipinski definition) is 2. The molecule has 1 aromatic carbocycles. The lowest BCUT2D eigenvalue weighted by Gasteiger charge is -2.20. The Kier molecular flexibility index (Phi) is 5.00. The Morgan fingerprint density at radius 1 is 1.17 bits per heavy atom. The van der Waals surface area contributed by atoms with E-state index in [1.807, 2.05) is 0 Å². The Morgan fingerprint density at radius 2 is 1.96 bits per heavy atom. The van der Waals surface area contributed by atoms with E-state index < -0.39 is 11.6 Å². The van der Waals surface area contributed by atoms with E-state index in [1.165, 1.54) is 18.3 Å². The van der Waals surface area contributed by atoms with E-state index in [9.17, 15) is 13.6 Å². The number of aromatic nitrogens is 1. The van der Waals surface area contributed by atoms with Crippen molar-refractivity contribution in [2.45, 2.75) is 12.8 Å². The second kappa shape index (κ2) is 7.35. The number of rotatable bonds is 4. The first-order chi connectivity index (χ1) is 11.6. The number of halogens is 2. The molecular formula is C17H17F2N3O2. The van der Waals surface area contributed by atoms with Crippen molar-refractivity contribution >= 4 is 23.1 Å². The molecule has 1 aliphatic rings. The van der Waals surface area contributed by atoms with E-state index in [2.05, 4.69) is 15.6 Å². The molecular weight excluding hydrogens is 316 g/mol. The van der Waals surface area contributed by atoms with Crippen LogP contribution in [0.1, 0.15) is 12.8 Å². The molecule has 0 aliphatic carbocycles. The van der Waals surface area contributed by atoms with Crippen LogP contribution < -0.4 is 10.6 Å². The molecule has 1 amide bonds. The maximum Gasteiger partial charge on any atom is 0.228 e. The maximum atomic E-state index is 13.6. The van der Waals surface area contributed by atoms with Crippen molar-refractivity contribution in [1.29, 1.82) is 0 Å². The molecule has 5 nitrogen and oxygen atoms in total. The zero-order valence-electron chi connectivity index (χ0n) is 12.9. The van der Waals surface area contributed by atoms with Crippen molar-refractivity contribution in [2.24, 2.45) is 5.92 Å². The average molecular weight is 333 g/mol. The lowest BCUT2D eigenvalue weighted by molar-refractivity contribution is -0.122. The summed E-state index contributed by atoms with van der Waals surface area (Å²) in [6, 6.07) is 6.57. The first kappa shape index (κ1) is 16.3. The number of hydrogen-bond acceptors (Lipinski definition) is 4. The number of benzene rings is 1. The minimum Gasteiger partial charge on any atom is -0.381 e. The maximum absolute atomic E-state index is 13.6. The van der Waals surface area contributed by atoms with Crippen LogP contribution in [0.25, 0.3) is 0 Å². The van der Waals surface area contributed by atoms with E-state index in [0.717, 1.165) is 6.07 Å². The predicted octanol–water partition coefficient (Wildman–Crippen LogP) is 3.47. The van der Waals surface area contributed by atoms with Gasteiger partial charge in [0.05, 0.1) is 17.6 Å². The van der Waals surface area contributed by atoms with E-state index in [-0.39, 0.29) is 17.5 Å². The summed E-state index contributed by atoms with van der Waals surface area (Å²) < 4.78 is 31.7. The minimum atomic E-state index is -0.688. The van der Waals surface area contributed by atoms with Crippen molar-refractivity contribution in [1.82, 2.24) is 4.98 Å². The third-order valence-corrected chi connectivity index (χ3v) is 3.82. The van der Waals surface area contributed by atoms with Crippen LogP contribution in [-0.2, 0) is 9.53 Å². The summed E-state index contributed by atoms with van der Waals surface area (Å²) in [7, 11) is 0. The first-order valence-corrected chi connectivity index (χ1v) is 7.68. The summed E-state index contributed by atoms with van der Waals surface area (Å²) in [5.41, 5.74) is 0.682. The topological polar surface area (TPSA) is 63.2 Å². The van der Waals surface area contributed by atoms with Crippen molar-refractivity contribution in [2.75, 3.05) is 23.8 Å². The molecule has 0 spiro atoms. The van der Waals surface area contributed by atoms with Crippen LogP contribution >= 0.6 is 0 Å². The van der Waals surface area contributed by atoms with E-state index >= 15 is 0 Å². The Morgan fingerprint density at radius 3 is 2.62 bits per heavy atom. The Labute approximate surface area is 138 Å². The molecule has 2 heterocycles. The Bertz CT molecular complexity index is 716. The molecule has 0 bridgehead atoms. The fraction of sp³-hybridized carbons (Fsp3) is 0.294. The van der Waals surface area contributed by atoms with Gasteiger partial charge in [0.1, 0.15) is 17.5 Å². The molecule has 24 heavy (non-hydrogen) atoms. The van der Waals surface area contributed by atoms with Gasteiger partial charge < -0.3 is 15.4 Å². The molecule has 1 aliphatic heterocycles. The number of carbonyl (C=O) groups excluding carboxylic acids is 1. The summed E-state index contributed by atoms with van der Waals surface area (Å²) in [5.74, 6) is -1.03. The summed E-state index contributed by atoms with van der Waals surface area (Å²) >= 11 is 0. The smallest absolute Gasteiger partial charge is 0.228 e. The van der Waals surface area contributed by atoms with E-state index in [0.29, 0.717) is 37.6 Å². The molecule has 7 heteroatoms. The molecule has 2 N–H and O–H groups in total. The highest BCUT2D eigenvalue weighted by Crippen LogP contribution is 2.21. The SMILES string of the molecule is O=C(Nc1ccc(Nc2ccc(F)cc2F)cn1)C1CCOCC1. The fourth-order valence-electron chi connectivity index (χ4n) is 2.48. The molecule has 0 radical (unpaired) electrons. The number of nitrogens with one attached hydrogen (secondary N) is 2. The third-order valence-electron chi connectivity index (χ3n) is 3.82.